The first-order valence-electron chi connectivity index (χ1n) is 7.33. The lowest BCUT2D eigenvalue weighted by molar-refractivity contribution is -0.143. The molecule has 0 aliphatic carbocycles. The number of nitrogens with zero attached hydrogens (tertiary/aromatic N) is 4. The molecule has 0 radical (unpaired) electrons. The van der Waals surface area contributed by atoms with Gasteiger partial charge < -0.3 is 4.74 Å². The van der Waals surface area contributed by atoms with E-state index in [0.717, 1.165) is 4.68 Å². The summed E-state index contributed by atoms with van der Waals surface area (Å²) in [5.74, 6) is 0.123. The van der Waals surface area contributed by atoms with Crippen molar-refractivity contribution in [1.82, 2.24) is 25.0 Å². The van der Waals surface area contributed by atoms with Crippen LogP contribution in [0.25, 0.3) is 0 Å². The number of aromatic amines is 1. The zero-order valence-corrected chi connectivity index (χ0v) is 12.8. The molecule has 2 aromatic heterocycles. The number of rotatable bonds is 4. The van der Waals surface area contributed by atoms with Crippen LogP contribution in [0.15, 0.2) is 0 Å². The maximum Gasteiger partial charge on any atom is 0.435 e. The fourth-order valence-electron chi connectivity index (χ4n) is 2.48. The number of alkyl halides is 3. The lowest BCUT2D eigenvalue weighted by atomic mass is 10.1. The van der Waals surface area contributed by atoms with Gasteiger partial charge in [-0.15, -0.1) is 5.10 Å². The summed E-state index contributed by atoms with van der Waals surface area (Å²) in [5, 5.41) is 12.4. The Morgan fingerprint density at radius 1 is 1.46 bits per heavy atom. The van der Waals surface area contributed by atoms with Crippen LogP contribution in [0, 0.1) is 0 Å². The van der Waals surface area contributed by atoms with Crippen molar-refractivity contribution < 1.29 is 22.7 Å². The van der Waals surface area contributed by atoms with Crippen LogP contribution in [-0.2, 0) is 41.7 Å². The number of hydrogen-bond acceptors (Lipinski definition) is 5. The molecule has 2 N–H and O–H groups in total. The Morgan fingerprint density at radius 3 is 2.92 bits per heavy atom. The van der Waals surface area contributed by atoms with Crippen LogP contribution in [0.2, 0.25) is 0 Å². The van der Waals surface area contributed by atoms with E-state index in [-0.39, 0.29) is 31.1 Å². The second-order valence-corrected chi connectivity index (χ2v) is 5.24. The van der Waals surface area contributed by atoms with Crippen molar-refractivity contribution in [2.45, 2.75) is 39.1 Å². The normalized spacial score (nSPS) is 14.5. The monoisotopic (exact) mass is 344 g/mol. The van der Waals surface area contributed by atoms with Gasteiger partial charge in [0.15, 0.2) is 5.69 Å². The predicted octanol–water partition coefficient (Wildman–Crippen LogP) is 1.29. The lowest BCUT2D eigenvalue weighted by Crippen LogP contribution is -2.23. The van der Waals surface area contributed by atoms with Crippen LogP contribution in [0.4, 0.5) is 19.1 Å². The van der Waals surface area contributed by atoms with Gasteiger partial charge in [0, 0.05) is 24.1 Å². The van der Waals surface area contributed by atoms with E-state index < -0.39 is 17.8 Å². The van der Waals surface area contributed by atoms with Crippen LogP contribution in [0.1, 0.15) is 29.7 Å². The number of H-pyrrole nitrogens is 1. The maximum absolute atomic E-state index is 13.1. The molecule has 0 saturated carbocycles. The molecule has 3 rings (SSSR count). The molecule has 0 bridgehead atoms. The van der Waals surface area contributed by atoms with E-state index >= 15 is 0 Å². The molecule has 2 aromatic rings. The van der Waals surface area contributed by atoms with Crippen molar-refractivity contribution in [2.24, 2.45) is 0 Å². The van der Waals surface area contributed by atoms with E-state index in [0.29, 0.717) is 24.5 Å². The van der Waals surface area contributed by atoms with E-state index in [9.17, 15) is 18.0 Å². The van der Waals surface area contributed by atoms with Gasteiger partial charge >= 0.3 is 6.18 Å². The molecule has 3 heterocycles. The standard InChI is InChI=1S/C13H15F3N6O2/c1-2-9-17-12(20-19-9)18-10(23)5-22-8-3-4-24-6-7(8)11(21-22)13(14,15)16/h2-6H2,1H3,(H2,17,18,19,20,23). The van der Waals surface area contributed by atoms with Gasteiger partial charge in [0.25, 0.3) is 0 Å². The molecule has 0 spiro atoms. The van der Waals surface area contributed by atoms with E-state index in [1.807, 2.05) is 6.92 Å². The van der Waals surface area contributed by atoms with Gasteiger partial charge in [-0.2, -0.15) is 23.3 Å². The van der Waals surface area contributed by atoms with Crippen LogP contribution in [0.5, 0.6) is 0 Å². The summed E-state index contributed by atoms with van der Waals surface area (Å²) in [6, 6.07) is 0. The molecule has 1 aliphatic rings. The minimum absolute atomic E-state index is 0.00675. The molecule has 1 amide bonds. The van der Waals surface area contributed by atoms with Crippen molar-refractivity contribution in [3.8, 4) is 0 Å². The van der Waals surface area contributed by atoms with Gasteiger partial charge in [-0.25, -0.2) is 0 Å². The molecule has 0 aromatic carbocycles. The van der Waals surface area contributed by atoms with Gasteiger partial charge in [-0.05, 0) is 0 Å². The number of aryl methyl sites for hydroxylation is 1. The molecular formula is C13H15F3N6O2. The summed E-state index contributed by atoms with van der Waals surface area (Å²) in [6.07, 6.45) is -3.71. The highest BCUT2D eigenvalue weighted by Crippen LogP contribution is 2.34. The first-order valence-corrected chi connectivity index (χ1v) is 7.33. The van der Waals surface area contributed by atoms with Crippen LogP contribution in [-0.4, -0.2) is 37.5 Å². The Kier molecular flexibility index (Phi) is 4.26. The number of ether oxygens (including phenoxy) is 1. The average molecular weight is 344 g/mol. The summed E-state index contributed by atoms with van der Waals surface area (Å²) < 4.78 is 45.3. The lowest BCUT2D eigenvalue weighted by Gasteiger charge is -2.15. The van der Waals surface area contributed by atoms with Crippen LogP contribution < -0.4 is 5.32 Å². The van der Waals surface area contributed by atoms with Gasteiger partial charge in [-0.1, -0.05) is 6.92 Å². The van der Waals surface area contributed by atoms with Crippen molar-refractivity contribution >= 4 is 11.9 Å². The van der Waals surface area contributed by atoms with Crippen molar-refractivity contribution in [3.05, 3.63) is 22.8 Å². The second-order valence-electron chi connectivity index (χ2n) is 5.24. The summed E-state index contributed by atoms with van der Waals surface area (Å²) in [6.45, 7) is 1.64. The molecule has 0 atom stereocenters. The number of hydrogen-bond donors (Lipinski definition) is 2. The van der Waals surface area contributed by atoms with Gasteiger partial charge in [0.05, 0.1) is 13.2 Å². The quantitative estimate of drug-likeness (QED) is 0.871. The number of halogens is 3. The topological polar surface area (TPSA) is 97.7 Å². The summed E-state index contributed by atoms with van der Waals surface area (Å²) in [5.41, 5.74) is -0.642. The minimum atomic E-state index is -4.59. The fourth-order valence-corrected chi connectivity index (χ4v) is 2.48. The fraction of sp³-hybridized carbons (Fsp3) is 0.538. The van der Waals surface area contributed by atoms with E-state index in [2.05, 4.69) is 25.6 Å². The first-order chi connectivity index (χ1) is 11.4. The Balaban J connectivity index is 1.79. The number of carbonyl (C=O) groups is 1. The molecule has 130 valence electrons. The van der Waals surface area contributed by atoms with E-state index in [1.54, 1.807) is 0 Å². The van der Waals surface area contributed by atoms with Crippen LogP contribution in [0.3, 0.4) is 0 Å². The largest absolute Gasteiger partial charge is 0.435 e. The third kappa shape index (κ3) is 3.25. The molecule has 24 heavy (non-hydrogen) atoms. The summed E-state index contributed by atoms with van der Waals surface area (Å²) >= 11 is 0. The average Bonchev–Trinajstić information content (AvgIpc) is 3.12. The summed E-state index contributed by atoms with van der Waals surface area (Å²) in [4.78, 5) is 16.1. The zero-order valence-electron chi connectivity index (χ0n) is 12.8. The highest BCUT2D eigenvalue weighted by molar-refractivity contribution is 5.88. The zero-order chi connectivity index (χ0) is 17.3. The van der Waals surface area contributed by atoms with Crippen molar-refractivity contribution in [1.29, 1.82) is 0 Å². The minimum Gasteiger partial charge on any atom is -0.376 e. The Morgan fingerprint density at radius 2 is 2.25 bits per heavy atom. The van der Waals surface area contributed by atoms with Crippen LogP contribution >= 0.6 is 0 Å². The number of carbonyl (C=O) groups excluding carboxylic acids is 1. The van der Waals surface area contributed by atoms with Crippen molar-refractivity contribution in [2.75, 3.05) is 11.9 Å². The number of aromatic nitrogens is 5. The Labute approximate surface area is 134 Å². The molecule has 1 aliphatic heterocycles. The predicted molar refractivity (Wildman–Crippen MR) is 75.0 cm³/mol. The molecule has 8 nitrogen and oxygen atoms in total. The first kappa shape index (κ1) is 16.4. The van der Waals surface area contributed by atoms with E-state index in [4.69, 9.17) is 4.74 Å². The number of amides is 1. The SMILES string of the molecule is CCc1nc(NC(=O)Cn2nc(C(F)(F)F)c3c2CCOC3)n[nH]1. The van der Waals surface area contributed by atoms with Crippen molar-refractivity contribution in [3.63, 3.8) is 0 Å². The highest BCUT2D eigenvalue weighted by atomic mass is 19.4. The summed E-state index contributed by atoms with van der Waals surface area (Å²) in [7, 11) is 0. The molecule has 0 unspecified atom stereocenters. The third-order valence-electron chi connectivity index (χ3n) is 3.58. The van der Waals surface area contributed by atoms with Gasteiger partial charge in [0.1, 0.15) is 12.4 Å². The third-order valence-corrected chi connectivity index (χ3v) is 3.58. The van der Waals surface area contributed by atoms with Gasteiger partial charge in [-0.3, -0.25) is 19.9 Å². The molecule has 0 saturated heterocycles. The Hall–Kier alpha value is -2.43. The smallest absolute Gasteiger partial charge is 0.376 e. The molecule has 0 fully saturated rings. The maximum atomic E-state index is 13.1. The highest BCUT2D eigenvalue weighted by Gasteiger charge is 2.40. The number of anilines is 1. The number of nitrogens with one attached hydrogen (secondary N) is 2. The van der Waals surface area contributed by atoms with E-state index in [1.165, 1.54) is 0 Å². The number of fused-ring (bicyclic) bond motifs is 1. The second kappa shape index (κ2) is 6.23. The molecular weight excluding hydrogens is 329 g/mol. The Bertz CT molecular complexity index is 751. The van der Waals surface area contributed by atoms with Gasteiger partial charge in [0.2, 0.25) is 11.9 Å². The molecule has 11 heteroatoms.